The zero-order chi connectivity index (χ0) is 21.5. The molecule has 2 amide bonds. The van der Waals surface area contributed by atoms with E-state index in [1.165, 1.54) is 0 Å². The largest absolute Gasteiger partial charge is 0.416 e. The molecule has 0 saturated carbocycles. The number of fused-ring (bicyclic) bond motifs is 1. The molecule has 3 saturated heterocycles. The van der Waals surface area contributed by atoms with E-state index in [-0.39, 0.29) is 48.7 Å². The van der Waals surface area contributed by atoms with E-state index in [1.54, 1.807) is 9.80 Å². The summed E-state index contributed by atoms with van der Waals surface area (Å²) in [6.45, 7) is 1.70. The molecule has 0 aromatic heterocycles. The molecule has 0 N–H and O–H groups in total. The van der Waals surface area contributed by atoms with Crippen LogP contribution in [-0.4, -0.2) is 66.6 Å². The number of ketones is 1. The second kappa shape index (κ2) is 8.14. The zero-order valence-electron chi connectivity index (χ0n) is 16.2. The number of hydrogen-bond donors (Lipinski definition) is 0. The highest BCUT2D eigenvalue weighted by molar-refractivity contribution is 5.81. The number of amides is 2. The number of halogens is 4. The molecule has 0 bridgehead atoms. The topological polar surface area (TPSA) is 59.1 Å². The lowest BCUT2D eigenvalue weighted by Crippen LogP contribution is -2.61. The number of carbonyl (C=O) groups excluding carboxylic acids is 2. The Morgan fingerprint density at radius 1 is 1.20 bits per heavy atom. The summed E-state index contributed by atoms with van der Waals surface area (Å²) in [6, 6.07) is 2.21. The van der Waals surface area contributed by atoms with Crippen LogP contribution in [0.25, 0.3) is 0 Å². The SMILES string of the molecule is O=C1CO[C@@H]2CCN(C(=O)N3CC(OCc4ccc(C(F)(F)F)cc4F)C3)C[C@@H]2C1. The highest BCUT2D eigenvalue weighted by Gasteiger charge is 2.40. The van der Waals surface area contributed by atoms with Gasteiger partial charge in [0.1, 0.15) is 12.4 Å². The predicted octanol–water partition coefficient (Wildman–Crippen LogP) is 2.85. The molecule has 1 aromatic carbocycles. The minimum absolute atomic E-state index is 0.0258. The van der Waals surface area contributed by atoms with E-state index in [4.69, 9.17) is 9.47 Å². The molecule has 6 nitrogen and oxygen atoms in total. The molecule has 3 aliphatic rings. The monoisotopic (exact) mass is 430 g/mol. The lowest BCUT2D eigenvalue weighted by atomic mass is 9.88. The minimum Gasteiger partial charge on any atom is -0.370 e. The minimum atomic E-state index is -4.60. The standard InChI is InChI=1S/C20H22F4N2O4/c21-17-6-14(20(22,23)24)2-1-12(17)10-29-16-8-26(9-16)19(28)25-4-3-18-13(7-25)5-15(27)11-30-18/h1-2,6,13,16,18H,3-5,7-11H2/t13-,18+/m0/s1. The molecule has 3 fully saturated rings. The van der Waals surface area contributed by atoms with Crippen LogP contribution in [0.15, 0.2) is 18.2 Å². The molecule has 0 unspecified atom stereocenters. The normalized spacial score (nSPS) is 25.1. The number of nitrogens with zero attached hydrogens (tertiary/aromatic N) is 2. The molecule has 0 radical (unpaired) electrons. The second-order valence-corrected chi connectivity index (χ2v) is 8.01. The van der Waals surface area contributed by atoms with Crippen molar-refractivity contribution in [2.45, 2.75) is 37.8 Å². The van der Waals surface area contributed by atoms with Crippen LogP contribution >= 0.6 is 0 Å². The molecule has 2 atom stereocenters. The van der Waals surface area contributed by atoms with E-state index in [1.807, 2.05) is 0 Å². The number of ether oxygens (including phenoxy) is 2. The van der Waals surface area contributed by atoms with E-state index in [0.717, 1.165) is 12.1 Å². The maximum absolute atomic E-state index is 13.9. The van der Waals surface area contributed by atoms with Crippen LogP contribution in [-0.2, 0) is 27.1 Å². The molecule has 4 rings (SSSR count). The number of benzene rings is 1. The van der Waals surface area contributed by atoms with Crippen LogP contribution in [0.1, 0.15) is 24.0 Å². The molecular formula is C20H22F4N2O4. The van der Waals surface area contributed by atoms with Crippen molar-refractivity contribution in [3.8, 4) is 0 Å². The van der Waals surface area contributed by atoms with Gasteiger partial charge in [0, 0.05) is 31.0 Å². The summed E-state index contributed by atoms with van der Waals surface area (Å²) in [6.07, 6.45) is -3.74. The summed E-state index contributed by atoms with van der Waals surface area (Å²) in [5.41, 5.74) is -1.00. The Labute approximate surface area is 170 Å². The van der Waals surface area contributed by atoms with Gasteiger partial charge in [-0.1, -0.05) is 6.07 Å². The maximum atomic E-state index is 13.9. The summed E-state index contributed by atoms with van der Waals surface area (Å²) in [4.78, 5) is 27.6. The predicted molar refractivity (Wildman–Crippen MR) is 96.0 cm³/mol. The van der Waals surface area contributed by atoms with Crippen molar-refractivity contribution in [3.63, 3.8) is 0 Å². The third-order valence-electron chi connectivity index (χ3n) is 5.86. The summed E-state index contributed by atoms with van der Waals surface area (Å²) in [7, 11) is 0. The van der Waals surface area contributed by atoms with Crippen molar-refractivity contribution in [2.24, 2.45) is 5.92 Å². The Bertz CT molecular complexity index is 826. The van der Waals surface area contributed by atoms with Gasteiger partial charge in [0.2, 0.25) is 0 Å². The fourth-order valence-corrected chi connectivity index (χ4v) is 4.10. The van der Waals surface area contributed by atoms with Gasteiger partial charge in [0.05, 0.1) is 37.5 Å². The second-order valence-electron chi connectivity index (χ2n) is 8.01. The first-order valence-electron chi connectivity index (χ1n) is 9.85. The van der Waals surface area contributed by atoms with Crippen molar-refractivity contribution >= 4 is 11.8 Å². The Kier molecular flexibility index (Phi) is 5.71. The van der Waals surface area contributed by atoms with Gasteiger partial charge in [0.15, 0.2) is 5.78 Å². The molecular weight excluding hydrogens is 408 g/mol. The number of piperidine rings is 1. The van der Waals surface area contributed by atoms with Gasteiger partial charge >= 0.3 is 12.2 Å². The molecule has 3 heterocycles. The van der Waals surface area contributed by atoms with Crippen molar-refractivity contribution in [1.82, 2.24) is 9.80 Å². The van der Waals surface area contributed by atoms with Gasteiger partial charge in [-0.2, -0.15) is 13.2 Å². The zero-order valence-corrected chi connectivity index (χ0v) is 16.2. The summed E-state index contributed by atoms with van der Waals surface area (Å²) < 4.78 is 62.7. The quantitative estimate of drug-likeness (QED) is 0.692. The third-order valence-corrected chi connectivity index (χ3v) is 5.86. The average molecular weight is 430 g/mol. The fourth-order valence-electron chi connectivity index (χ4n) is 4.10. The number of likely N-dealkylation sites (tertiary alicyclic amines) is 2. The maximum Gasteiger partial charge on any atom is 0.416 e. The number of hydrogen-bond acceptors (Lipinski definition) is 4. The van der Waals surface area contributed by atoms with E-state index >= 15 is 0 Å². The number of urea groups is 1. The molecule has 0 aliphatic carbocycles. The Morgan fingerprint density at radius 2 is 1.97 bits per heavy atom. The number of carbonyl (C=O) groups is 2. The van der Waals surface area contributed by atoms with Gasteiger partial charge in [-0.05, 0) is 18.6 Å². The number of Topliss-reactive ketones (excluding diaryl/α,β-unsaturated/α-hetero) is 1. The first-order chi connectivity index (χ1) is 14.2. The molecule has 0 spiro atoms. The van der Waals surface area contributed by atoms with Gasteiger partial charge in [-0.15, -0.1) is 0 Å². The van der Waals surface area contributed by atoms with Crippen molar-refractivity contribution in [3.05, 3.63) is 35.1 Å². The number of rotatable bonds is 3. The molecule has 30 heavy (non-hydrogen) atoms. The van der Waals surface area contributed by atoms with Gasteiger partial charge < -0.3 is 19.3 Å². The van der Waals surface area contributed by atoms with E-state index in [0.29, 0.717) is 45.1 Å². The van der Waals surface area contributed by atoms with Crippen LogP contribution in [0.4, 0.5) is 22.4 Å². The van der Waals surface area contributed by atoms with Crippen LogP contribution < -0.4 is 0 Å². The fraction of sp³-hybridized carbons (Fsp3) is 0.600. The molecule has 164 valence electrons. The van der Waals surface area contributed by atoms with E-state index < -0.39 is 17.6 Å². The molecule has 10 heteroatoms. The highest BCUT2D eigenvalue weighted by atomic mass is 19.4. The molecule has 3 aliphatic heterocycles. The third kappa shape index (κ3) is 4.44. The van der Waals surface area contributed by atoms with Gasteiger partial charge in [-0.25, -0.2) is 9.18 Å². The van der Waals surface area contributed by atoms with E-state index in [2.05, 4.69) is 0 Å². The van der Waals surface area contributed by atoms with Crippen LogP contribution in [0.2, 0.25) is 0 Å². The van der Waals surface area contributed by atoms with Crippen molar-refractivity contribution < 1.29 is 36.6 Å². The van der Waals surface area contributed by atoms with Gasteiger partial charge in [0.25, 0.3) is 0 Å². The number of alkyl halides is 3. The Morgan fingerprint density at radius 3 is 2.67 bits per heavy atom. The van der Waals surface area contributed by atoms with Gasteiger partial charge in [-0.3, -0.25) is 4.79 Å². The smallest absolute Gasteiger partial charge is 0.370 e. The van der Waals surface area contributed by atoms with Crippen LogP contribution in [0.5, 0.6) is 0 Å². The first-order valence-corrected chi connectivity index (χ1v) is 9.85. The summed E-state index contributed by atoms with van der Waals surface area (Å²) >= 11 is 0. The lowest BCUT2D eigenvalue weighted by molar-refractivity contribution is -0.140. The highest BCUT2D eigenvalue weighted by Crippen LogP contribution is 2.31. The molecule has 1 aromatic rings. The average Bonchev–Trinajstić information content (AvgIpc) is 2.66. The van der Waals surface area contributed by atoms with Crippen LogP contribution in [0, 0.1) is 11.7 Å². The van der Waals surface area contributed by atoms with Crippen LogP contribution in [0.3, 0.4) is 0 Å². The summed E-state index contributed by atoms with van der Waals surface area (Å²) in [5, 5.41) is 0. The first kappa shape index (κ1) is 21.0. The van der Waals surface area contributed by atoms with Crippen molar-refractivity contribution in [2.75, 3.05) is 32.8 Å². The Hall–Kier alpha value is -2.20. The summed E-state index contributed by atoms with van der Waals surface area (Å²) in [5.74, 6) is -0.886. The van der Waals surface area contributed by atoms with E-state index in [9.17, 15) is 27.2 Å². The Balaban J connectivity index is 1.23. The van der Waals surface area contributed by atoms with Crippen molar-refractivity contribution in [1.29, 1.82) is 0 Å². The lowest BCUT2D eigenvalue weighted by Gasteiger charge is -2.45.